The number of carbonyl (C=O) groups excluding carboxylic acids is 2. The van der Waals surface area contributed by atoms with Crippen molar-refractivity contribution >= 4 is 17.9 Å². The van der Waals surface area contributed by atoms with Gasteiger partial charge in [0.2, 0.25) is 0 Å². The highest BCUT2D eigenvalue weighted by Gasteiger charge is 2.23. The van der Waals surface area contributed by atoms with Gasteiger partial charge in [-0.15, -0.1) is 0 Å². The van der Waals surface area contributed by atoms with Gasteiger partial charge in [-0.2, -0.15) is 0 Å². The van der Waals surface area contributed by atoms with Gasteiger partial charge in [-0.3, -0.25) is 0 Å². The first-order chi connectivity index (χ1) is 9.43. The average molecular weight is 280 g/mol. The van der Waals surface area contributed by atoms with Gasteiger partial charge in [0.1, 0.15) is 13.2 Å². The second-order valence-electron chi connectivity index (χ2n) is 4.17. The minimum absolute atomic E-state index is 0.0370. The highest BCUT2D eigenvalue weighted by molar-refractivity contribution is 6.06. The normalized spacial score (nSPS) is 13.8. The second-order valence-corrected chi connectivity index (χ2v) is 4.17. The summed E-state index contributed by atoms with van der Waals surface area (Å²) in [4.78, 5) is 33.8. The Morgan fingerprint density at radius 3 is 2.25 bits per heavy atom. The Morgan fingerprint density at radius 2 is 1.70 bits per heavy atom. The van der Waals surface area contributed by atoms with Crippen LogP contribution in [0.4, 0.5) is 0 Å². The van der Waals surface area contributed by atoms with Crippen molar-refractivity contribution in [3.8, 4) is 0 Å². The first-order valence-electron chi connectivity index (χ1n) is 6.07. The van der Waals surface area contributed by atoms with Crippen LogP contribution >= 0.6 is 0 Å². The molecule has 108 valence electrons. The largest absolute Gasteiger partial charge is 0.478 e. The van der Waals surface area contributed by atoms with Crippen LogP contribution in [-0.2, 0) is 23.9 Å². The van der Waals surface area contributed by atoms with Crippen LogP contribution in [0.3, 0.4) is 0 Å². The molecule has 0 bridgehead atoms. The highest BCUT2D eigenvalue weighted by Crippen LogP contribution is 2.20. The third-order valence-corrected chi connectivity index (χ3v) is 2.50. The zero-order chi connectivity index (χ0) is 15.1. The molecule has 0 radical (unpaired) electrons. The van der Waals surface area contributed by atoms with Crippen LogP contribution in [0.5, 0.6) is 0 Å². The van der Waals surface area contributed by atoms with Gasteiger partial charge >= 0.3 is 17.9 Å². The molecule has 6 heteroatoms. The number of carboxylic acids is 1. The lowest BCUT2D eigenvalue weighted by molar-refractivity contribution is -0.147. The molecule has 1 rings (SSSR count). The van der Waals surface area contributed by atoms with Crippen molar-refractivity contribution in [1.82, 2.24) is 0 Å². The van der Waals surface area contributed by atoms with E-state index < -0.39 is 17.9 Å². The molecule has 0 saturated carbocycles. The minimum atomic E-state index is -1.17. The van der Waals surface area contributed by atoms with Gasteiger partial charge in [-0.1, -0.05) is 18.7 Å². The Morgan fingerprint density at radius 1 is 1.15 bits per heavy atom. The van der Waals surface area contributed by atoms with Crippen LogP contribution in [0.25, 0.3) is 0 Å². The van der Waals surface area contributed by atoms with Crippen molar-refractivity contribution in [1.29, 1.82) is 0 Å². The molecule has 1 N–H and O–H groups in total. The molecule has 1 aliphatic rings. The van der Waals surface area contributed by atoms with Crippen molar-refractivity contribution in [2.24, 2.45) is 0 Å². The maximum Gasteiger partial charge on any atom is 0.338 e. The summed E-state index contributed by atoms with van der Waals surface area (Å²) in [5.41, 5.74) is 0.234. The summed E-state index contributed by atoms with van der Waals surface area (Å²) < 4.78 is 9.62. The number of carbonyl (C=O) groups is 3. The number of rotatable bonds is 6. The molecule has 0 spiro atoms. The van der Waals surface area contributed by atoms with E-state index >= 15 is 0 Å². The summed E-state index contributed by atoms with van der Waals surface area (Å²) in [5.74, 6) is -2.46. The maximum absolute atomic E-state index is 11.7. The predicted octanol–water partition coefficient (Wildman–Crippen LogP) is 1.38. The summed E-state index contributed by atoms with van der Waals surface area (Å²) in [6, 6.07) is 0. The molecule has 0 fully saturated rings. The first kappa shape index (κ1) is 15.7. The van der Waals surface area contributed by atoms with Gasteiger partial charge in [-0.05, 0) is 19.8 Å². The summed E-state index contributed by atoms with van der Waals surface area (Å²) in [5, 5.41) is 8.97. The van der Waals surface area contributed by atoms with Gasteiger partial charge in [0, 0.05) is 5.57 Å². The van der Waals surface area contributed by atoms with Crippen molar-refractivity contribution in [2.75, 3.05) is 13.2 Å². The molecular weight excluding hydrogens is 264 g/mol. The third-order valence-electron chi connectivity index (χ3n) is 2.50. The van der Waals surface area contributed by atoms with Crippen molar-refractivity contribution in [3.05, 3.63) is 35.5 Å². The number of ether oxygens (including phenoxy) is 2. The highest BCUT2D eigenvalue weighted by atomic mass is 16.6. The van der Waals surface area contributed by atoms with Gasteiger partial charge < -0.3 is 14.6 Å². The zero-order valence-electron chi connectivity index (χ0n) is 11.2. The average Bonchev–Trinajstić information content (AvgIpc) is 2.42. The van der Waals surface area contributed by atoms with Gasteiger partial charge in [0.15, 0.2) is 0 Å². The number of hydrogen-bond donors (Lipinski definition) is 1. The van der Waals surface area contributed by atoms with Gasteiger partial charge in [-0.25, -0.2) is 14.4 Å². The van der Waals surface area contributed by atoms with Crippen LogP contribution in [-0.4, -0.2) is 36.2 Å². The number of allylic oxidation sites excluding steroid dienone is 2. The lowest BCUT2D eigenvalue weighted by Crippen LogP contribution is -2.19. The molecule has 0 aromatic carbocycles. The first-order valence-corrected chi connectivity index (χ1v) is 6.07. The molecule has 0 atom stereocenters. The standard InChI is InChI=1S/C14H16O6/c1-9(2)13(17)19-7-8-20-14(18)11-6-4-3-5-10(11)12(15)16/h5-6H,1,3-4,7-8H2,2H3,(H,15,16). The monoisotopic (exact) mass is 280 g/mol. The lowest BCUT2D eigenvalue weighted by Gasteiger charge is -2.12. The summed E-state index contributed by atoms with van der Waals surface area (Å²) in [6.07, 6.45) is 4.19. The van der Waals surface area contributed by atoms with E-state index in [0.717, 1.165) is 0 Å². The Kier molecular flexibility index (Phi) is 5.71. The zero-order valence-corrected chi connectivity index (χ0v) is 11.2. The summed E-state index contributed by atoms with van der Waals surface area (Å²) in [6.45, 7) is 4.68. The molecule has 0 heterocycles. The van der Waals surface area contributed by atoms with Crippen molar-refractivity contribution in [2.45, 2.75) is 19.8 Å². The fourth-order valence-electron chi connectivity index (χ4n) is 1.54. The quantitative estimate of drug-likeness (QED) is 0.449. The summed E-state index contributed by atoms with van der Waals surface area (Å²) in [7, 11) is 0. The van der Waals surface area contributed by atoms with E-state index in [-0.39, 0.29) is 29.9 Å². The number of carboxylic acid groups (broad SMARTS) is 1. The molecule has 20 heavy (non-hydrogen) atoms. The second kappa shape index (κ2) is 7.28. The molecule has 0 unspecified atom stereocenters. The third kappa shape index (κ3) is 4.38. The SMILES string of the molecule is C=C(C)C(=O)OCCOC(=O)C1=CCCC=C1C(=O)O. The van der Waals surface area contributed by atoms with Crippen molar-refractivity contribution < 1.29 is 29.0 Å². The van der Waals surface area contributed by atoms with E-state index in [0.29, 0.717) is 12.8 Å². The Labute approximate surface area is 116 Å². The van der Waals surface area contributed by atoms with Crippen LogP contribution in [0.1, 0.15) is 19.8 Å². The van der Waals surface area contributed by atoms with E-state index in [4.69, 9.17) is 14.6 Å². The fourth-order valence-corrected chi connectivity index (χ4v) is 1.54. The number of aliphatic carboxylic acids is 1. The molecule has 1 aliphatic carbocycles. The molecule has 0 saturated heterocycles. The van der Waals surface area contributed by atoms with E-state index in [9.17, 15) is 14.4 Å². The topological polar surface area (TPSA) is 89.9 Å². The van der Waals surface area contributed by atoms with Crippen LogP contribution in [0, 0.1) is 0 Å². The molecule has 6 nitrogen and oxygen atoms in total. The van der Waals surface area contributed by atoms with E-state index in [2.05, 4.69) is 6.58 Å². The van der Waals surface area contributed by atoms with Gasteiger partial charge in [0.05, 0.1) is 11.1 Å². The summed E-state index contributed by atoms with van der Waals surface area (Å²) >= 11 is 0. The van der Waals surface area contributed by atoms with E-state index in [1.807, 2.05) is 0 Å². The molecule has 0 amide bonds. The van der Waals surface area contributed by atoms with Crippen LogP contribution in [0.15, 0.2) is 35.5 Å². The fraction of sp³-hybridized carbons (Fsp3) is 0.357. The lowest BCUT2D eigenvalue weighted by atomic mass is 9.98. The van der Waals surface area contributed by atoms with Crippen molar-refractivity contribution in [3.63, 3.8) is 0 Å². The van der Waals surface area contributed by atoms with Crippen LogP contribution < -0.4 is 0 Å². The van der Waals surface area contributed by atoms with Crippen LogP contribution in [0.2, 0.25) is 0 Å². The predicted molar refractivity (Wildman–Crippen MR) is 69.8 cm³/mol. The Bertz CT molecular complexity index is 498. The smallest absolute Gasteiger partial charge is 0.338 e. The molecular formula is C14H16O6. The minimum Gasteiger partial charge on any atom is -0.478 e. The Balaban J connectivity index is 2.45. The molecule has 0 aromatic heterocycles. The molecule has 0 aliphatic heterocycles. The van der Waals surface area contributed by atoms with E-state index in [1.54, 1.807) is 0 Å². The Hall–Kier alpha value is -2.37. The molecule has 0 aromatic rings. The van der Waals surface area contributed by atoms with Gasteiger partial charge in [0.25, 0.3) is 0 Å². The number of esters is 2. The van der Waals surface area contributed by atoms with E-state index in [1.165, 1.54) is 19.1 Å². The maximum atomic E-state index is 11.7. The number of hydrogen-bond acceptors (Lipinski definition) is 5.